The van der Waals surface area contributed by atoms with Gasteiger partial charge >= 0.3 is 0 Å². The van der Waals surface area contributed by atoms with Crippen molar-refractivity contribution in [1.82, 2.24) is 4.98 Å². The molecule has 0 amide bonds. The first-order valence-electron chi connectivity index (χ1n) is 6.04. The van der Waals surface area contributed by atoms with Crippen LogP contribution in [0.5, 0.6) is 5.75 Å². The Balaban J connectivity index is 2.30. The summed E-state index contributed by atoms with van der Waals surface area (Å²) in [5.41, 5.74) is 7.60. The van der Waals surface area contributed by atoms with Gasteiger partial charge in [-0.05, 0) is 16.8 Å². The lowest BCUT2D eigenvalue weighted by Gasteiger charge is -2.09. The van der Waals surface area contributed by atoms with E-state index in [2.05, 4.69) is 23.2 Å². The average Bonchev–Trinajstić information content (AvgIpc) is 2.94. The molecule has 0 unspecified atom stereocenters. The molecule has 3 nitrogen and oxygen atoms in total. The second-order valence-corrected chi connectivity index (χ2v) is 5.07. The van der Waals surface area contributed by atoms with Crippen molar-refractivity contribution in [1.29, 1.82) is 0 Å². The van der Waals surface area contributed by atoms with Crippen LogP contribution in [0.15, 0.2) is 41.8 Å². The number of nitrogens with zero attached hydrogens (tertiary/aromatic N) is 1. The average molecular weight is 270 g/mol. The van der Waals surface area contributed by atoms with E-state index in [1.165, 1.54) is 5.39 Å². The van der Waals surface area contributed by atoms with Crippen molar-refractivity contribution < 1.29 is 4.74 Å². The zero-order valence-electron chi connectivity index (χ0n) is 10.6. The lowest BCUT2D eigenvalue weighted by molar-refractivity contribution is 0.417. The van der Waals surface area contributed by atoms with Gasteiger partial charge in [0.1, 0.15) is 10.8 Å². The first-order chi connectivity index (χ1) is 9.33. The molecule has 96 valence electrons. The summed E-state index contributed by atoms with van der Waals surface area (Å²) in [6.45, 7) is 0.462. The highest BCUT2D eigenvalue weighted by atomic mass is 32.1. The van der Waals surface area contributed by atoms with E-state index >= 15 is 0 Å². The van der Waals surface area contributed by atoms with Gasteiger partial charge in [-0.1, -0.05) is 30.3 Å². The van der Waals surface area contributed by atoms with Gasteiger partial charge < -0.3 is 10.5 Å². The summed E-state index contributed by atoms with van der Waals surface area (Å²) in [4.78, 5) is 4.57. The molecule has 0 saturated heterocycles. The molecule has 1 aromatic heterocycles. The fourth-order valence-corrected chi connectivity index (χ4v) is 3.05. The van der Waals surface area contributed by atoms with Crippen LogP contribution >= 0.6 is 11.3 Å². The zero-order chi connectivity index (χ0) is 13.2. The molecule has 0 atom stereocenters. The summed E-state index contributed by atoms with van der Waals surface area (Å²) in [5, 5.41) is 5.29. The third-order valence-electron chi connectivity index (χ3n) is 3.09. The Bertz CT molecular complexity index is 721. The molecule has 0 aliphatic heterocycles. The van der Waals surface area contributed by atoms with E-state index in [9.17, 15) is 0 Å². The van der Waals surface area contributed by atoms with Crippen LogP contribution in [-0.2, 0) is 6.54 Å². The summed E-state index contributed by atoms with van der Waals surface area (Å²) in [6.07, 6.45) is 0. The molecule has 0 aliphatic carbocycles. The van der Waals surface area contributed by atoms with Gasteiger partial charge in [0, 0.05) is 11.9 Å². The number of methoxy groups -OCH3 is 1. The van der Waals surface area contributed by atoms with Crippen LogP contribution < -0.4 is 10.5 Å². The van der Waals surface area contributed by atoms with E-state index in [4.69, 9.17) is 10.5 Å². The minimum atomic E-state index is 0.462. The first-order valence-corrected chi connectivity index (χ1v) is 6.92. The van der Waals surface area contributed by atoms with Gasteiger partial charge in [-0.2, -0.15) is 0 Å². The SMILES string of the molecule is COc1ccc2ccccc2c1-c1nc(CN)cs1. The number of ether oxygens (including phenoxy) is 1. The summed E-state index contributed by atoms with van der Waals surface area (Å²) < 4.78 is 5.49. The lowest BCUT2D eigenvalue weighted by Crippen LogP contribution is -1.96. The van der Waals surface area contributed by atoms with Crippen molar-refractivity contribution >= 4 is 22.1 Å². The van der Waals surface area contributed by atoms with Crippen LogP contribution in [-0.4, -0.2) is 12.1 Å². The lowest BCUT2D eigenvalue weighted by atomic mass is 10.0. The van der Waals surface area contributed by atoms with Crippen LogP contribution in [0.4, 0.5) is 0 Å². The smallest absolute Gasteiger partial charge is 0.129 e. The quantitative estimate of drug-likeness (QED) is 0.793. The molecule has 19 heavy (non-hydrogen) atoms. The predicted molar refractivity (Wildman–Crippen MR) is 79.5 cm³/mol. The van der Waals surface area contributed by atoms with Gasteiger partial charge in [0.25, 0.3) is 0 Å². The Hall–Kier alpha value is -1.91. The second-order valence-electron chi connectivity index (χ2n) is 4.21. The van der Waals surface area contributed by atoms with E-state index in [0.717, 1.165) is 27.4 Å². The number of fused-ring (bicyclic) bond motifs is 1. The number of hydrogen-bond donors (Lipinski definition) is 1. The Labute approximate surface area is 115 Å². The van der Waals surface area contributed by atoms with Crippen LogP contribution in [0.25, 0.3) is 21.3 Å². The van der Waals surface area contributed by atoms with Crippen molar-refractivity contribution in [3.63, 3.8) is 0 Å². The monoisotopic (exact) mass is 270 g/mol. The topological polar surface area (TPSA) is 48.1 Å². The Morgan fingerprint density at radius 3 is 2.79 bits per heavy atom. The molecule has 0 aliphatic rings. The van der Waals surface area contributed by atoms with Crippen molar-refractivity contribution in [2.45, 2.75) is 6.54 Å². The molecule has 0 radical (unpaired) electrons. The molecule has 4 heteroatoms. The first kappa shape index (κ1) is 12.1. The third-order valence-corrected chi connectivity index (χ3v) is 3.99. The van der Waals surface area contributed by atoms with Gasteiger partial charge in [-0.25, -0.2) is 4.98 Å². The molecule has 3 aromatic rings. The number of rotatable bonds is 3. The van der Waals surface area contributed by atoms with Gasteiger partial charge in [0.2, 0.25) is 0 Å². The van der Waals surface area contributed by atoms with Crippen molar-refractivity contribution in [2.75, 3.05) is 7.11 Å². The molecule has 0 saturated carbocycles. The van der Waals surface area contributed by atoms with Gasteiger partial charge in [-0.3, -0.25) is 0 Å². The Morgan fingerprint density at radius 1 is 1.21 bits per heavy atom. The number of thiazole rings is 1. The minimum absolute atomic E-state index is 0.462. The molecule has 0 spiro atoms. The number of nitrogens with two attached hydrogens (primary N) is 1. The van der Waals surface area contributed by atoms with Crippen molar-refractivity contribution in [3.8, 4) is 16.3 Å². The molecule has 0 fully saturated rings. The summed E-state index contributed by atoms with van der Waals surface area (Å²) in [7, 11) is 1.69. The summed E-state index contributed by atoms with van der Waals surface area (Å²) in [6, 6.07) is 12.3. The molecule has 2 N–H and O–H groups in total. The molecular weight excluding hydrogens is 256 g/mol. The maximum atomic E-state index is 5.64. The van der Waals surface area contributed by atoms with E-state index in [0.29, 0.717) is 6.54 Å². The van der Waals surface area contributed by atoms with E-state index < -0.39 is 0 Å². The Kier molecular flexibility index (Phi) is 3.19. The number of aromatic nitrogens is 1. The molecular formula is C15H14N2OS. The van der Waals surface area contributed by atoms with Crippen molar-refractivity contribution in [3.05, 3.63) is 47.5 Å². The van der Waals surface area contributed by atoms with E-state index in [1.54, 1.807) is 18.4 Å². The van der Waals surface area contributed by atoms with Crippen molar-refractivity contribution in [2.24, 2.45) is 5.73 Å². The van der Waals surface area contributed by atoms with Gasteiger partial charge in [0.05, 0.1) is 18.4 Å². The third kappa shape index (κ3) is 2.09. The largest absolute Gasteiger partial charge is 0.496 e. The maximum absolute atomic E-state index is 5.64. The molecule has 1 heterocycles. The standard InChI is InChI=1S/C15H14N2OS/c1-18-13-7-6-10-4-2-3-5-12(10)14(13)15-17-11(8-16)9-19-15/h2-7,9H,8,16H2,1H3. The summed E-state index contributed by atoms with van der Waals surface area (Å²) in [5.74, 6) is 0.844. The maximum Gasteiger partial charge on any atom is 0.129 e. The number of hydrogen-bond acceptors (Lipinski definition) is 4. The molecule has 3 rings (SSSR count). The fraction of sp³-hybridized carbons (Fsp3) is 0.133. The predicted octanol–water partition coefficient (Wildman–Crippen LogP) is 3.43. The summed E-state index contributed by atoms with van der Waals surface area (Å²) >= 11 is 1.60. The van der Waals surface area contributed by atoms with Crippen LogP contribution in [0, 0.1) is 0 Å². The minimum Gasteiger partial charge on any atom is -0.496 e. The molecule has 2 aromatic carbocycles. The molecule has 0 bridgehead atoms. The van der Waals surface area contributed by atoms with Crippen LogP contribution in [0.1, 0.15) is 5.69 Å². The highest BCUT2D eigenvalue weighted by Gasteiger charge is 2.13. The number of benzene rings is 2. The van der Waals surface area contributed by atoms with Gasteiger partial charge in [-0.15, -0.1) is 11.3 Å². The second kappa shape index (κ2) is 4.99. The normalized spacial score (nSPS) is 10.8. The highest BCUT2D eigenvalue weighted by Crippen LogP contribution is 2.38. The van der Waals surface area contributed by atoms with E-state index in [-0.39, 0.29) is 0 Å². The Morgan fingerprint density at radius 2 is 2.05 bits per heavy atom. The van der Waals surface area contributed by atoms with Crippen LogP contribution in [0.3, 0.4) is 0 Å². The van der Waals surface area contributed by atoms with Gasteiger partial charge in [0.15, 0.2) is 0 Å². The zero-order valence-corrected chi connectivity index (χ0v) is 11.4. The fourth-order valence-electron chi connectivity index (χ4n) is 2.16. The van der Waals surface area contributed by atoms with Crippen LogP contribution in [0.2, 0.25) is 0 Å². The highest BCUT2D eigenvalue weighted by molar-refractivity contribution is 7.13. The van der Waals surface area contributed by atoms with E-state index in [1.807, 2.05) is 23.6 Å².